The van der Waals surface area contributed by atoms with Crippen molar-refractivity contribution in [3.05, 3.63) is 12.7 Å². The molecule has 4 rings (SSSR count). The molecule has 11 heteroatoms. The summed E-state index contributed by atoms with van der Waals surface area (Å²) in [5.41, 5.74) is 6.72. The fraction of sp³-hybridized carbons (Fsp3) is 0.500. The second-order valence-corrected chi connectivity index (χ2v) is 5.73. The van der Waals surface area contributed by atoms with Crippen molar-refractivity contribution in [3.63, 3.8) is 0 Å². The number of nitrogens with two attached hydrogens (primary N) is 1. The van der Waals surface area contributed by atoms with Gasteiger partial charge in [-0.3, -0.25) is 12.9 Å². The fourth-order valence-electron chi connectivity index (χ4n) is 2.54. The first kappa shape index (κ1) is 13.3. The Hall–Kier alpha value is -1.33. The summed E-state index contributed by atoms with van der Waals surface area (Å²) in [5.74, 6) is 0.469. The van der Waals surface area contributed by atoms with E-state index in [4.69, 9.17) is 30.4 Å². The molecule has 2 saturated heterocycles. The van der Waals surface area contributed by atoms with Crippen molar-refractivity contribution >= 4 is 39.9 Å². The van der Waals surface area contributed by atoms with E-state index in [0.717, 1.165) is 0 Å². The standard InChI is InChI=1S/C10H10ClN5O4S/c11-1-4-6-7(20-21(17)19-6)10(18-4)16-3-15-5-8(12)13-2-14-9(5)16/h2-4,6-7,10H,1H2,(H2,12,13,14). The van der Waals surface area contributed by atoms with Crippen molar-refractivity contribution < 1.29 is 17.3 Å². The van der Waals surface area contributed by atoms with Gasteiger partial charge in [-0.1, -0.05) is 0 Å². The van der Waals surface area contributed by atoms with Crippen molar-refractivity contribution in [3.8, 4) is 0 Å². The highest BCUT2D eigenvalue weighted by Crippen LogP contribution is 2.40. The molecule has 2 aromatic heterocycles. The number of nitrogens with zero attached hydrogens (tertiary/aromatic N) is 4. The highest BCUT2D eigenvalue weighted by atomic mass is 35.5. The Morgan fingerprint density at radius 3 is 2.95 bits per heavy atom. The SMILES string of the molecule is Nc1ncnc2c1ncn2C1OC(CCl)C2OS(=O)OC21. The molecule has 21 heavy (non-hydrogen) atoms. The van der Waals surface area contributed by atoms with E-state index >= 15 is 0 Å². The molecular formula is C10H10ClN5O4S. The monoisotopic (exact) mass is 331 g/mol. The van der Waals surface area contributed by atoms with Crippen molar-refractivity contribution in [2.24, 2.45) is 0 Å². The molecule has 9 nitrogen and oxygen atoms in total. The summed E-state index contributed by atoms with van der Waals surface area (Å²) in [6.45, 7) is 0. The lowest BCUT2D eigenvalue weighted by molar-refractivity contribution is -0.0246. The molecule has 2 aliphatic rings. The zero-order valence-corrected chi connectivity index (χ0v) is 12.0. The summed E-state index contributed by atoms with van der Waals surface area (Å²) >= 11 is 4.06. The third-order valence-corrected chi connectivity index (χ3v) is 4.54. The van der Waals surface area contributed by atoms with Gasteiger partial charge in [0.25, 0.3) is 0 Å². The molecular weight excluding hydrogens is 322 g/mol. The zero-order valence-electron chi connectivity index (χ0n) is 10.5. The minimum Gasteiger partial charge on any atom is -0.382 e. The van der Waals surface area contributed by atoms with E-state index in [1.54, 1.807) is 4.57 Å². The molecule has 0 saturated carbocycles. The van der Waals surface area contributed by atoms with E-state index in [2.05, 4.69) is 15.0 Å². The van der Waals surface area contributed by atoms with Gasteiger partial charge in [0.2, 0.25) is 0 Å². The molecule has 0 aliphatic carbocycles. The van der Waals surface area contributed by atoms with Gasteiger partial charge in [-0.05, 0) is 0 Å². The number of anilines is 1. The van der Waals surface area contributed by atoms with Crippen LogP contribution in [0.1, 0.15) is 6.23 Å². The quantitative estimate of drug-likeness (QED) is 0.759. The summed E-state index contributed by atoms with van der Waals surface area (Å²) in [6.07, 6.45) is 0.798. The van der Waals surface area contributed by atoms with E-state index in [1.807, 2.05) is 0 Å². The first-order valence-corrected chi connectivity index (χ1v) is 7.63. The van der Waals surface area contributed by atoms with Gasteiger partial charge in [-0.15, -0.1) is 11.6 Å². The third kappa shape index (κ3) is 1.94. The average Bonchev–Trinajstić information content (AvgIpc) is 3.12. The number of halogens is 1. The predicted molar refractivity (Wildman–Crippen MR) is 72.3 cm³/mol. The van der Waals surface area contributed by atoms with Gasteiger partial charge >= 0.3 is 11.4 Å². The van der Waals surface area contributed by atoms with Gasteiger partial charge in [-0.2, -0.15) is 4.21 Å². The zero-order chi connectivity index (χ0) is 14.6. The maximum Gasteiger partial charge on any atom is 0.305 e. The summed E-state index contributed by atoms with van der Waals surface area (Å²) in [6, 6.07) is 0. The molecule has 5 unspecified atom stereocenters. The van der Waals surface area contributed by atoms with E-state index in [9.17, 15) is 4.21 Å². The number of rotatable bonds is 2. The van der Waals surface area contributed by atoms with Crippen LogP contribution in [0.25, 0.3) is 11.2 Å². The molecule has 2 aliphatic heterocycles. The van der Waals surface area contributed by atoms with Crippen LogP contribution in [0.5, 0.6) is 0 Å². The van der Waals surface area contributed by atoms with Crippen molar-refractivity contribution in [2.45, 2.75) is 24.5 Å². The van der Waals surface area contributed by atoms with Crippen LogP contribution in [0.2, 0.25) is 0 Å². The fourth-order valence-corrected chi connectivity index (χ4v) is 3.63. The van der Waals surface area contributed by atoms with Gasteiger partial charge in [-0.25, -0.2) is 15.0 Å². The molecule has 0 amide bonds. The molecule has 0 bridgehead atoms. The highest BCUT2D eigenvalue weighted by Gasteiger charge is 2.53. The van der Waals surface area contributed by atoms with Gasteiger partial charge in [0.05, 0.1) is 12.2 Å². The number of ether oxygens (including phenoxy) is 1. The Morgan fingerprint density at radius 1 is 1.33 bits per heavy atom. The average molecular weight is 332 g/mol. The molecule has 5 atom stereocenters. The Labute approximate surface area is 126 Å². The van der Waals surface area contributed by atoms with Crippen molar-refractivity contribution in [1.29, 1.82) is 0 Å². The minimum absolute atomic E-state index is 0.196. The lowest BCUT2D eigenvalue weighted by Gasteiger charge is -2.17. The first-order chi connectivity index (χ1) is 10.2. The molecule has 2 fully saturated rings. The van der Waals surface area contributed by atoms with Crippen LogP contribution < -0.4 is 5.73 Å². The number of nitrogen functional groups attached to an aromatic ring is 1. The Kier molecular flexibility index (Phi) is 3.08. The maximum atomic E-state index is 11.4. The number of imidazole rings is 1. The lowest BCUT2D eigenvalue weighted by Crippen LogP contribution is -2.29. The van der Waals surface area contributed by atoms with Gasteiger partial charge in [0, 0.05) is 0 Å². The van der Waals surface area contributed by atoms with Crippen molar-refractivity contribution in [2.75, 3.05) is 11.6 Å². The van der Waals surface area contributed by atoms with Gasteiger partial charge in [0.15, 0.2) is 23.8 Å². The van der Waals surface area contributed by atoms with Crippen LogP contribution in [0, 0.1) is 0 Å². The second-order valence-electron chi connectivity index (χ2n) is 4.63. The summed E-state index contributed by atoms with van der Waals surface area (Å²) < 4.78 is 29.4. The summed E-state index contributed by atoms with van der Waals surface area (Å²) in [5, 5.41) is 0. The predicted octanol–water partition coefficient (Wildman–Crippen LogP) is -0.0926. The third-order valence-electron chi connectivity index (χ3n) is 3.48. The Balaban J connectivity index is 1.78. The molecule has 2 N–H and O–H groups in total. The number of fused-ring (bicyclic) bond motifs is 2. The Bertz CT molecular complexity index is 727. The number of hydrogen-bond acceptors (Lipinski definition) is 8. The number of alkyl halides is 1. The molecule has 2 aromatic rings. The topological polar surface area (TPSA) is 114 Å². The first-order valence-electron chi connectivity index (χ1n) is 6.09. The summed E-state index contributed by atoms with van der Waals surface area (Å²) in [7, 11) is 0. The van der Waals surface area contributed by atoms with Crippen LogP contribution in [-0.4, -0.2) is 47.9 Å². The smallest absolute Gasteiger partial charge is 0.305 e. The molecule has 0 spiro atoms. The highest BCUT2D eigenvalue weighted by molar-refractivity contribution is 7.75. The number of aromatic nitrogens is 4. The maximum absolute atomic E-state index is 11.4. The van der Waals surface area contributed by atoms with Crippen LogP contribution in [0.3, 0.4) is 0 Å². The lowest BCUT2D eigenvalue weighted by atomic mass is 10.1. The number of hydrogen-bond donors (Lipinski definition) is 1. The molecule has 0 aromatic carbocycles. The van der Waals surface area contributed by atoms with E-state index in [1.165, 1.54) is 12.7 Å². The minimum atomic E-state index is -1.80. The normalized spacial score (nSPS) is 35.4. The van der Waals surface area contributed by atoms with E-state index < -0.39 is 35.9 Å². The van der Waals surface area contributed by atoms with Crippen LogP contribution in [-0.2, 0) is 24.5 Å². The van der Waals surface area contributed by atoms with Crippen LogP contribution in [0.15, 0.2) is 12.7 Å². The summed E-state index contributed by atoms with van der Waals surface area (Å²) in [4.78, 5) is 12.2. The Morgan fingerprint density at radius 2 is 2.14 bits per heavy atom. The molecule has 0 radical (unpaired) electrons. The molecule has 112 valence electrons. The van der Waals surface area contributed by atoms with Gasteiger partial charge < -0.3 is 10.5 Å². The van der Waals surface area contributed by atoms with Crippen LogP contribution in [0.4, 0.5) is 5.82 Å². The van der Waals surface area contributed by atoms with Crippen molar-refractivity contribution in [1.82, 2.24) is 19.5 Å². The van der Waals surface area contributed by atoms with E-state index in [0.29, 0.717) is 11.2 Å². The van der Waals surface area contributed by atoms with Gasteiger partial charge in [0.1, 0.15) is 24.1 Å². The largest absolute Gasteiger partial charge is 0.382 e. The van der Waals surface area contributed by atoms with Crippen LogP contribution >= 0.6 is 11.6 Å². The van der Waals surface area contributed by atoms with E-state index in [-0.39, 0.29) is 11.7 Å². The second kappa shape index (κ2) is 4.85. The molecule has 4 heterocycles.